The first kappa shape index (κ1) is 24.2. The van der Waals surface area contributed by atoms with Crippen molar-refractivity contribution >= 4 is 17.3 Å². The third-order valence-electron chi connectivity index (χ3n) is 7.81. The number of carboxylic acids is 1. The molecule has 0 aromatic carbocycles. The first-order valence-electron chi connectivity index (χ1n) is 12.0. The van der Waals surface area contributed by atoms with Gasteiger partial charge < -0.3 is 15.3 Å². The number of hydrogen-bond acceptors (Lipinski definition) is 5. The quantitative estimate of drug-likeness (QED) is 0.358. The summed E-state index contributed by atoms with van der Waals surface area (Å²) in [6.45, 7) is 0. The molecule has 5 atom stereocenters. The lowest BCUT2D eigenvalue weighted by atomic mass is 9.63. The zero-order valence-corrected chi connectivity index (χ0v) is 19.2. The predicted octanol–water partition coefficient (Wildman–Crippen LogP) is 5.26. The van der Waals surface area contributed by atoms with Crippen LogP contribution in [-0.4, -0.2) is 33.5 Å². The highest BCUT2D eigenvalue weighted by Crippen LogP contribution is 2.50. The molecule has 1 aromatic heterocycles. The van der Waals surface area contributed by atoms with E-state index in [0.717, 1.165) is 57.8 Å². The number of unbranched alkanes of at least 4 members (excludes halogenated alkanes) is 3. The topological polar surface area (TPSA) is 102 Å². The molecule has 2 saturated carbocycles. The van der Waals surface area contributed by atoms with Gasteiger partial charge in [-0.3, -0.25) is 4.79 Å². The van der Waals surface area contributed by atoms with Gasteiger partial charge in [-0.25, -0.2) is 0 Å². The van der Waals surface area contributed by atoms with Gasteiger partial charge in [-0.1, -0.05) is 38.2 Å². The molecule has 0 spiro atoms. The van der Waals surface area contributed by atoms with E-state index >= 15 is 0 Å². The van der Waals surface area contributed by atoms with Crippen LogP contribution < -0.4 is 0 Å². The van der Waals surface area contributed by atoms with Crippen LogP contribution in [0.2, 0.25) is 0 Å². The fraction of sp³-hybridized carbons (Fsp3) is 0.760. The molecule has 172 valence electrons. The Kier molecular flexibility index (Phi) is 8.95. The van der Waals surface area contributed by atoms with Crippen LogP contribution in [0.4, 0.5) is 0 Å². The summed E-state index contributed by atoms with van der Waals surface area (Å²) in [4.78, 5) is 11.9. The molecule has 6 heteroatoms. The van der Waals surface area contributed by atoms with E-state index in [2.05, 4.69) is 23.6 Å². The predicted molar refractivity (Wildman–Crippen MR) is 122 cm³/mol. The number of thiophene rings is 1. The minimum absolute atomic E-state index is 0.0625. The van der Waals surface area contributed by atoms with E-state index in [1.807, 2.05) is 0 Å². The Morgan fingerprint density at radius 2 is 1.94 bits per heavy atom. The second kappa shape index (κ2) is 11.4. The third kappa shape index (κ3) is 5.88. The molecule has 3 rings (SSSR count). The van der Waals surface area contributed by atoms with Gasteiger partial charge in [0.1, 0.15) is 0 Å². The van der Waals surface area contributed by atoms with E-state index in [1.54, 1.807) is 11.3 Å². The maximum Gasteiger partial charge on any atom is 0.303 e. The van der Waals surface area contributed by atoms with Crippen LogP contribution >= 0.6 is 11.3 Å². The number of aliphatic hydroxyl groups excluding tert-OH is 2. The summed E-state index contributed by atoms with van der Waals surface area (Å²) >= 11 is 1.74. The number of nitriles is 1. The Morgan fingerprint density at radius 3 is 2.55 bits per heavy atom. The van der Waals surface area contributed by atoms with Crippen molar-refractivity contribution in [3.63, 3.8) is 0 Å². The average molecular weight is 448 g/mol. The first-order valence-corrected chi connectivity index (χ1v) is 12.9. The lowest BCUT2D eigenvalue weighted by Crippen LogP contribution is -2.45. The molecule has 1 aromatic rings. The maximum atomic E-state index is 11.0. The van der Waals surface area contributed by atoms with Gasteiger partial charge in [-0.05, 0) is 68.2 Å². The molecular weight excluding hydrogens is 410 g/mol. The van der Waals surface area contributed by atoms with Gasteiger partial charge in [-0.2, -0.15) is 5.26 Å². The van der Waals surface area contributed by atoms with E-state index in [1.165, 1.54) is 11.3 Å². The lowest BCUT2D eigenvalue weighted by Gasteiger charge is -2.45. The fourth-order valence-electron chi connectivity index (χ4n) is 5.86. The molecule has 0 saturated heterocycles. The lowest BCUT2D eigenvalue weighted by molar-refractivity contribution is -0.137. The summed E-state index contributed by atoms with van der Waals surface area (Å²) in [5, 5.41) is 42.0. The van der Waals surface area contributed by atoms with Crippen molar-refractivity contribution in [2.75, 3.05) is 0 Å². The summed E-state index contributed by atoms with van der Waals surface area (Å²) < 4.78 is 0. The van der Waals surface area contributed by atoms with E-state index < -0.39 is 12.1 Å². The van der Waals surface area contributed by atoms with Gasteiger partial charge in [0.15, 0.2) is 0 Å². The summed E-state index contributed by atoms with van der Waals surface area (Å²) in [5.41, 5.74) is -0.0625. The molecule has 5 nitrogen and oxygen atoms in total. The van der Waals surface area contributed by atoms with E-state index in [4.69, 9.17) is 5.11 Å². The standard InChI is InChI=1S/C25H37NO4S/c26-17-18-16-21(27)20(19(18)8-3-1-2-4-12-24(29)30)9-5-10-22(28)25(13-7-14-25)23-11-6-15-31-23/h6,11,15,18-22,27-28H,1-5,7-10,12-14,16H2,(H,29,30)/t18-,19-,20+,21+,22?/m0/s1. The van der Waals surface area contributed by atoms with Crippen molar-refractivity contribution < 1.29 is 20.1 Å². The van der Waals surface area contributed by atoms with Gasteiger partial charge in [0.2, 0.25) is 0 Å². The Morgan fingerprint density at radius 1 is 1.19 bits per heavy atom. The van der Waals surface area contributed by atoms with E-state index in [9.17, 15) is 20.3 Å². The highest BCUT2D eigenvalue weighted by Gasteiger charge is 2.46. The van der Waals surface area contributed by atoms with Crippen molar-refractivity contribution in [3.8, 4) is 6.07 Å². The third-order valence-corrected chi connectivity index (χ3v) is 8.90. The van der Waals surface area contributed by atoms with Crippen LogP contribution in [0.1, 0.15) is 88.3 Å². The molecule has 1 heterocycles. The summed E-state index contributed by atoms with van der Waals surface area (Å²) in [6, 6.07) is 6.63. The first-order chi connectivity index (χ1) is 15.0. The van der Waals surface area contributed by atoms with Gasteiger partial charge in [0.25, 0.3) is 0 Å². The van der Waals surface area contributed by atoms with Crippen molar-refractivity contribution in [3.05, 3.63) is 22.4 Å². The van der Waals surface area contributed by atoms with Crippen LogP contribution in [0.5, 0.6) is 0 Å². The second-order valence-corrected chi connectivity index (χ2v) is 10.6. The Labute approximate surface area is 190 Å². The Hall–Kier alpha value is -1.42. The monoisotopic (exact) mass is 447 g/mol. The van der Waals surface area contributed by atoms with Crippen molar-refractivity contribution in [1.29, 1.82) is 5.26 Å². The number of aliphatic carboxylic acids is 1. The van der Waals surface area contributed by atoms with Crippen LogP contribution in [0, 0.1) is 29.1 Å². The number of nitrogens with zero attached hydrogens (tertiary/aromatic N) is 1. The Bertz CT molecular complexity index is 724. The maximum absolute atomic E-state index is 11.0. The fourth-order valence-corrected chi connectivity index (χ4v) is 6.90. The summed E-state index contributed by atoms with van der Waals surface area (Å²) in [7, 11) is 0. The SMILES string of the molecule is N#C[C@@H]1C[C@@H](O)[C@H](CCCC(O)C2(c3cccs3)CCC2)[C@H]1CCCCCCC(=O)O. The highest BCUT2D eigenvalue weighted by atomic mass is 32.1. The van der Waals surface area contributed by atoms with Gasteiger partial charge >= 0.3 is 5.97 Å². The normalized spacial score (nSPS) is 28.0. The second-order valence-electron chi connectivity index (χ2n) is 9.65. The number of rotatable bonds is 13. The molecular formula is C25H37NO4S. The Balaban J connectivity index is 1.47. The molecule has 3 N–H and O–H groups in total. The smallest absolute Gasteiger partial charge is 0.303 e. The highest BCUT2D eigenvalue weighted by molar-refractivity contribution is 7.10. The molecule has 2 aliphatic carbocycles. The minimum Gasteiger partial charge on any atom is -0.481 e. The van der Waals surface area contributed by atoms with Crippen LogP contribution in [0.25, 0.3) is 0 Å². The van der Waals surface area contributed by atoms with Crippen LogP contribution in [0.3, 0.4) is 0 Å². The van der Waals surface area contributed by atoms with Crippen LogP contribution in [0.15, 0.2) is 17.5 Å². The molecule has 2 aliphatic rings. The zero-order valence-electron chi connectivity index (χ0n) is 18.4. The van der Waals surface area contributed by atoms with E-state index in [0.29, 0.717) is 12.8 Å². The molecule has 1 unspecified atom stereocenters. The number of aliphatic hydroxyl groups is 2. The molecule has 31 heavy (non-hydrogen) atoms. The molecule has 0 amide bonds. The van der Waals surface area contributed by atoms with Crippen LogP contribution in [-0.2, 0) is 10.2 Å². The number of carbonyl (C=O) groups is 1. The molecule has 0 radical (unpaired) electrons. The van der Waals surface area contributed by atoms with Crippen molar-refractivity contribution in [2.24, 2.45) is 17.8 Å². The number of hydrogen-bond donors (Lipinski definition) is 3. The van der Waals surface area contributed by atoms with E-state index in [-0.39, 0.29) is 35.7 Å². The molecule has 0 bridgehead atoms. The van der Waals surface area contributed by atoms with Crippen molar-refractivity contribution in [1.82, 2.24) is 0 Å². The van der Waals surface area contributed by atoms with Crippen molar-refractivity contribution in [2.45, 2.75) is 101 Å². The molecule has 2 fully saturated rings. The summed E-state index contributed by atoms with van der Waals surface area (Å²) in [6.07, 6.45) is 10.3. The average Bonchev–Trinajstić information content (AvgIpc) is 3.33. The summed E-state index contributed by atoms with van der Waals surface area (Å²) in [5.74, 6) is -0.483. The van der Waals surface area contributed by atoms with Gasteiger partial charge in [-0.15, -0.1) is 11.3 Å². The number of carboxylic acid groups (broad SMARTS) is 1. The minimum atomic E-state index is -0.742. The van der Waals surface area contributed by atoms with Gasteiger partial charge in [0, 0.05) is 16.7 Å². The molecule has 0 aliphatic heterocycles. The zero-order chi connectivity index (χ0) is 22.3. The largest absolute Gasteiger partial charge is 0.481 e. The van der Waals surface area contributed by atoms with Gasteiger partial charge in [0.05, 0.1) is 24.2 Å².